The summed E-state index contributed by atoms with van der Waals surface area (Å²) in [5.74, 6) is -1.72. The second-order valence-electron chi connectivity index (χ2n) is 14.1. The highest BCUT2D eigenvalue weighted by molar-refractivity contribution is 5.88. The van der Waals surface area contributed by atoms with E-state index >= 15 is 0 Å². The number of hydrogen-bond donors (Lipinski definition) is 5. The SMILES string of the molecule is C=C[C@@H]1C(C)=C2/C=C3\NC(C4=c5[nH]/c(c(C)c5[C@@H](O)[C@@H]4C(=O)OC)=C\c4[nH]c(c(C)c4CC)/C=C/1N2)[C@@H](CCC(=O)OCC=C(C)C)[C@@H]3C. The molecule has 3 aliphatic heterocycles. The van der Waals surface area contributed by atoms with E-state index in [2.05, 4.69) is 73.1 Å². The van der Waals surface area contributed by atoms with Gasteiger partial charge in [0.25, 0.3) is 0 Å². The van der Waals surface area contributed by atoms with Gasteiger partial charge in [-0.15, -0.1) is 6.58 Å². The van der Waals surface area contributed by atoms with E-state index in [4.69, 9.17) is 9.47 Å². The number of aliphatic hydroxyl groups is 1. The molecule has 0 spiro atoms. The van der Waals surface area contributed by atoms with Gasteiger partial charge in [-0.3, -0.25) is 9.59 Å². The van der Waals surface area contributed by atoms with Crippen molar-refractivity contribution >= 4 is 29.7 Å². The lowest BCUT2D eigenvalue weighted by Crippen LogP contribution is -2.37. The average molecular weight is 667 g/mol. The Balaban J connectivity index is 1.58. The predicted octanol–water partition coefficient (Wildman–Crippen LogP) is 4.77. The Labute approximate surface area is 288 Å². The van der Waals surface area contributed by atoms with E-state index in [1.54, 1.807) is 0 Å². The molecule has 1 aliphatic carbocycles. The molecular formula is C40H50N4O5. The first-order valence-corrected chi connectivity index (χ1v) is 17.4. The number of fused-ring (bicyclic) bond motifs is 8. The van der Waals surface area contributed by atoms with Crippen molar-refractivity contribution in [1.82, 2.24) is 20.6 Å². The van der Waals surface area contributed by atoms with Gasteiger partial charge in [0, 0.05) is 63.0 Å². The smallest absolute Gasteiger partial charge is 0.315 e. The summed E-state index contributed by atoms with van der Waals surface area (Å²) in [5.41, 5.74) is 12.1. The van der Waals surface area contributed by atoms with E-state index in [-0.39, 0.29) is 42.8 Å². The lowest BCUT2D eigenvalue weighted by atomic mass is 9.80. The molecule has 9 nitrogen and oxygen atoms in total. The van der Waals surface area contributed by atoms with Crippen molar-refractivity contribution in [2.75, 3.05) is 13.7 Å². The molecule has 0 amide bonds. The zero-order valence-electron chi connectivity index (χ0n) is 30.0. The van der Waals surface area contributed by atoms with Crippen LogP contribution in [-0.4, -0.2) is 46.8 Å². The molecule has 260 valence electrons. The minimum Gasteiger partial charge on any atom is -0.468 e. The summed E-state index contributed by atoms with van der Waals surface area (Å²) in [5, 5.41) is 21.0. The highest BCUT2D eigenvalue weighted by atomic mass is 16.5. The van der Waals surface area contributed by atoms with Crippen molar-refractivity contribution in [3.05, 3.63) is 97.4 Å². The summed E-state index contributed by atoms with van der Waals surface area (Å²) in [6, 6.07) is -0.358. The van der Waals surface area contributed by atoms with Crippen LogP contribution in [0, 0.1) is 37.5 Å². The van der Waals surface area contributed by atoms with Crippen LogP contribution in [0.1, 0.15) is 87.2 Å². The van der Waals surface area contributed by atoms with Gasteiger partial charge in [-0.2, -0.15) is 0 Å². The van der Waals surface area contributed by atoms with Gasteiger partial charge in [-0.25, -0.2) is 0 Å². The van der Waals surface area contributed by atoms with Gasteiger partial charge in [-0.05, 0) is 106 Å². The number of aromatic amines is 2. The van der Waals surface area contributed by atoms with E-state index in [0.717, 1.165) is 67.9 Å². The summed E-state index contributed by atoms with van der Waals surface area (Å²) in [7, 11) is 1.36. The molecule has 2 aromatic rings. The third-order valence-corrected chi connectivity index (χ3v) is 11.1. The number of rotatable bonds is 8. The molecule has 6 atom stereocenters. The largest absolute Gasteiger partial charge is 0.468 e. The Hall–Kier alpha value is -4.50. The summed E-state index contributed by atoms with van der Waals surface area (Å²) in [4.78, 5) is 33.7. The van der Waals surface area contributed by atoms with Crippen molar-refractivity contribution < 1.29 is 24.2 Å². The summed E-state index contributed by atoms with van der Waals surface area (Å²) in [6.45, 7) is 18.9. The van der Waals surface area contributed by atoms with E-state index < -0.39 is 18.0 Å². The maximum atomic E-state index is 13.5. The Morgan fingerprint density at radius 3 is 2.47 bits per heavy atom. The van der Waals surface area contributed by atoms with Crippen LogP contribution >= 0.6 is 0 Å². The summed E-state index contributed by atoms with van der Waals surface area (Å²) < 4.78 is 10.8. The fourth-order valence-electron chi connectivity index (χ4n) is 8.26. The Bertz CT molecular complexity index is 1960. The molecule has 0 aromatic carbocycles. The molecule has 2 aromatic heterocycles. The van der Waals surface area contributed by atoms with Gasteiger partial charge >= 0.3 is 11.9 Å². The number of allylic oxidation sites excluding steroid dienone is 4. The summed E-state index contributed by atoms with van der Waals surface area (Å²) in [6.07, 6.45) is 10.8. The Morgan fingerprint density at radius 1 is 1.04 bits per heavy atom. The number of nitrogens with one attached hydrogen (secondary N) is 4. The second kappa shape index (κ2) is 13.4. The van der Waals surface area contributed by atoms with E-state index in [0.29, 0.717) is 12.0 Å². The van der Waals surface area contributed by atoms with Crippen molar-refractivity contribution in [1.29, 1.82) is 0 Å². The minimum absolute atomic E-state index is 0.00226. The molecule has 5 N–H and O–H groups in total. The first-order valence-electron chi connectivity index (χ1n) is 17.4. The third-order valence-electron chi connectivity index (χ3n) is 11.1. The quantitative estimate of drug-likeness (QED) is 0.203. The lowest BCUT2D eigenvalue weighted by molar-refractivity contribution is -0.147. The van der Waals surface area contributed by atoms with Crippen LogP contribution in [0.3, 0.4) is 0 Å². The van der Waals surface area contributed by atoms with Crippen molar-refractivity contribution in [2.45, 2.75) is 79.9 Å². The number of H-pyrrole nitrogens is 2. The lowest BCUT2D eigenvalue weighted by Gasteiger charge is -2.27. The highest BCUT2D eigenvalue weighted by Crippen LogP contribution is 2.45. The maximum Gasteiger partial charge on any atom is 0.315 e. The number of methoxy groups -OCH3 is 1. The number of ether oxygens (including phenoxy) is 2. The molecule has 5 heterocycles. The molecule has 0 radical (unpaired) electrons. The standard InChI is InChI=1S/C40H50N4O5/c1-10-24-20(5)27-16-29-22(7)26(12-13-33(45)49-15-14-19(3)4)37(43-29)35-36(40(47)48-9)39(46)34-23(8)30(44-38(34)35)18-32-25(11-2)21(6)28(42-32)17-31(24)41-27/h10,14,16-18,22,24,26,36-37,39,41-44,46H,1,11-13,15H2,2-9H3/b29-16-,30-18-,31-17-/t22-,24+,26-,36+,37?,39+/m0/s1. The first kappa shape index (κ1) is 34.4. The Morgan fingerprint density at radius 2 is 1.80 bits per heavy atom. The molecule has 1 unspecified atom stereocenters. The molecular weight excluding hydrogens is 616 g/mol. The molecule has 49 heavy (non-hydrogen) atoms. The van der Waals surface area contributed by atoms with Gasteiger partial charge in [-0.1, -0.05) is 25.5 Å². The van der Waals surface area contributed by atoms with Crippen molar-refractivity contribution in [3.63, 3.8) is 0 Å². The van der Waals surface area contributed by atoms with Crippen molar-refractivity contribution in [3.8, 4) is 0 Å². The number of hydrogen-bond acceptors (Lipinski definition) is 7. The highest BCUT2D eigenvalue weighted by Gasteiger charge is 2.49. The fourth-order valence-corrected chi connectivity index (χ4v) is 8.26. The van der Waals surface area contributed by atoms with Gasteiger partial charge in [0.2, 0.25) is 0 Å². The maximum absolute atomic E-state index is 13.5. The molecule has 1 saturated heterocycles. The fraction of sp³-hybridized carbons (Fsp3) is 0.450. The zero-order valence-corrected chi connectivity index (χ0v) is 30.0. The summed E-state index contributed by atoms with van der Waals surface area (Å²) >= 11 is 0. The normalized spacial score (nSPS) is 28.0. The van der Waals surface area contributed by atoms with Crippen LogP contribution in [0.15, 0.2) is 53.0 Å². The third kappa shape index (κ3) is 5.92. The van der Waals surface area contributed by atoms with Gasteiger partial charge in [0.05, 0.1) is 19.3 Å². The number of carbonyl (C=O) groups is 2. The van der Waals surface area contributed by atoms with Crippen LogP contribution in [-0.2, 0) is 25.5 Å². The number of aromatic nitrogens is 2. The molecule has 6 rings (SSSR count). The first-order chi connectivity index (χ1) is 23.4. The van der Waals surface area contributed by atoms with E-state index in [1.165, 1.54) is 18.2 Å². The van der Waals surface area contributed by atoms with Crippen LogP contribution < -0.4 is 21.3 Å². The van der Waals surface area contributed by atoms with E-state index in [9.17, 15) is 14.7 Å². The van der Waals surface area contributed by atoms with Gasteiger partial charge in [0.15, 0.2) is 0 Å². The predicted molar refractivity (Wildman–Crippen MR) is 192 cm³/mol. The van der Waals surface area contributed by atoms with Crippen LogP contribution in [0.4, 0.5) is 0 Å². The van der Waals surface area contributed by atoms with Gasteiger partial charge in [0.1, 0.15) is 12.5 Å². The average Bonchev–Trinajstić information content (AvgIpc) is 3.80. The Kier molecular flexibility index (Phi) is 9.42. The number of aliphatic hydroxyl groups excluding tert-OH is 1. The second-order valence-corrected chi connectivity index (χ2v) is 14.1. The molecule has 9 heteroatoms. The zero-order chi connectivity index (χ0) is 35.3. The van der Waals surface area contributed by atoms with Crippen LogP contribution in [0.5, 0.6) is 0 Å². The number of esters is 2. The molecule has 1 fully saturated rings. The molecule has 0 saturated carbocycles. The molecule has 4 aliphatic rings. The number of carbonyl (C=O) groups excluding carboxylic acids is 2. The minimum atomic E-state index is -1.08. The van der Waals surface area contributed by atoms with Gasteiger partial charge < -0.3 is 35.2 Å². The van der Waals surface area contributed by atoms with Crippen molar-refractivity contribution in [2.24, 2.45) is 23.7 Å². The van der Waals surface area contributed by atoms with Crippen LogP contribution in [0.25, 0.3) is 17.7 Å². The van der Waals surface area contributed by atoms with E-state index in [1.807, 2.05) is 32.9 Å². The topological polar surface area (TPSA) is 128 Å². The monoisotopic (exact) mass is 666 g/mol. The van der Waals surface area contributed by atoms with Crippen LogP contribution in [0.2, 0.25) is 0 Å². The molecule has 8 bridgehead atoms.